The van der Waals surface area contributed by atoms with E-state index in [1.54, 1.807) is 42.5 Å². The zero-order valence-electron chi connectivity index (χ0n) is 15.5. The van der Waals surface area contributed by atoms with E-state index in [2.05, 4.69) is 20.2 Å². The van der Waals surface area contributed by atoms with E-state index in [-0.39, 0.29) is 23.4 Å². The van der Waals surface area contributed by atoms with Crippen molar-refractivity contribution in [3.05, 3.63) is 76.2 Å². The van der Waals surface area contributed by atoms with Gasteiger partial charge in [0.25, 0.3) is 5.56 Å². The van der Waals surface area contributed by atoms with Crippen molar-refractivity contribution in [3.63, 3.8) is 0 Å². The highest BCUT2D eigenvalue weighted by Crippen LogP contribution is 2.19. The number of aromatic amines is 2. The number of benzene rings is 2. The van der Waals surface area contributed by atoms with Crippen molar-refractivity contribution in [3.8, 4) is 6.07 Å². The number of fused-ring (bicyclic) bond motifs is 2. The summed E-state index contributed by atoms with van der Waals surface area (Å²) in [6.45, 7) is -0.500. The maximum Gasteiger partial charge on any atom is 0.312 e. The minimum atomic E-state index is -0.673. The van der Waals surface area contributed by atoms with Gasteiger partial charge in [0.1, 0.15) is 18.2 Å². The van der Waals surface area contributed by atoms with Crippen LogP contribution < -0.4 is 5.56 Å². The van der Waals surface area contributed by atoms with Gasteiger partial charge in [-0.1, -0.05) is 30.3 Å². The Morgan fingerprint density at radius 2 is 1.87 bits per heavy atom. The quantitative estimate of drug-likeness (QED) is 0.264. The lowest BCUT2D eigenvalue weighted by Gasteiger charge is -2.07. The van der Waals surface area contributed by atoms with Crippen LogP contribution in [0.2, 0.25) is 0 Å². The van der Waals surface area contributed by atoms with Crippen LogP contribution in [-0.4, -0.2) is 37.8 Å². The molecule has 0 saturated carbocycles. The zero-order chi connectivity index (χ0) is 21.1. The van der Waals surface area contributed by atoms with Crippen LogP contribution in [0.4, 0.5) is 0 Å². The second-order valence-corrected chi connectivity index (χ2v) is 6.42. The highest BCUT2D eigenvalue weighted by atomic mass is 16.5. The molecule has 2 aromatic heterocycles. The molecule has 148 valence electrons. The molecule has 0 saturated heterocycles. The molecule has 9 heteroatoms. The molecule has 0 spiro atoms. The van der Waals surface area contributed by atoms with E-state index in [4.69, 9.17) is 4.74 Å². The molecule has 4 aromatic rings. The SMILES string of the molecule is N#CC(=C(O)COC(=O)Cc1n[nH]c(=O)c2ccccc12)c1nc2ccccc2[nH]1. The van der Waals surface area contributed by atoms with Gasteiger partial charge in [-0.05, 0) is 18.2 Å². The summed E-state index contributed by atoms with van der Waals surface area (Å²) in [7, 11) is 0. The molecule has 4 rings (SSSR count). The fourth-order valence-corrected chi connectivity index (χ4v) is 3.04. The van der Waals surface area contributed by atoms with Gasteiger partial charge in [-0.3, -0.25) is 9.59 Å². The monoisotopic (exact) mass is 401 g/mol. The number of nitrogens with one attached hydrogen (secondary N) is 2. The van der Waals surface area contributed by atoms with Gasteiger partial charge in [0.15, 0.2) is 11.6 Å². The Hall–Kier alpha value is -4.45. The summed E-state index contributed by atoms with van der Waals surface area (Å²) in [6, 6.07) is 15.8. The number of ether oxygens (including phenoxy) is 1. The van der Waals surface area contributed by atoms with E-state index in [0.717, 1.165) is 0 Å². The van der Waals surface area contributed by atoms with Crippen LogP contribution in [0.15, 0.2) is 59.1 Å². The topological polar surface area (TPSA) is 145 Å². The van der Waals surface area contributed by atoms with Crippen LogP contribution in [0.5, 0.6) is 0 Å². The number of hydrogen-bond acceptors (Lipinski definition) is 7. The van der Waals surface area contributed by atoms with E-state index in [9.17, 15) is 20.0 Å². The summed E-state index contributed by atoms with van der Waals surface area (Å²) in [6.07, 6.45) is -0.211. The summed E-state index contributed by atoms with van der Waals surface area (Å²) < 4.78 is 5.09. The van der Waals surface area contributed by atoms with Gasteiger partial charge < -0.3 is 14.8 Å². The van der Waals surface area contributed by atoms with Crippen molar-refractivity contribution >= 4 is 33.3 Å². The molecular weight excluding hydrogens is 386 g/mol. The van der Waals surface area contributed by atoms with Crippen LogP contribution >= 0.6 is 0 Å². The normalized spacial score (nSPS) is 11.8. The number of carbonyl (C=O) groups excluding carboxylic acids is 1. The standard InChI is InChI=1S/C21H15N5O4/c22-10-14(20-23-15-7-3-4-8-16(15)24-20)18(27)11-30-19(28)9-17-12-5-1-2-6-13(12)21(29)26-25-17/h1-8,27H,9,11H2,(H,23,24)(H,26,29). The number of nitriles is 1. The molecule has 0 amide bonds. The zero-order valence-corrected chi connectivity index (χ0v) is 15.5. The minimum Gasteiger partial charge on any atom is -0.507 e. The molecule has 30 heavy (non-hydrogen) atoms. The Morgan fingerprint density at radius 1 is 1.13 bits per heavy atom. The van der Waals surface area contributed by atoms with Crippen molar-refractivity contribution in [2.45, 2.75) is 6.42 Å². The Bertz CT molecular complexity index is 1360. The number of hydrogen-bond donors (Lipinski definition) is 3. The van der Waals surface area contributed by atoms with Gasteiger partial charge in [-0.2, -0.15) is 10.4 Å². The molecule has 0 aliphatic rings. The number of carbonyl (C=O) groups is 1. The number of aliphatic hydroxyl groups excluding tert-OH is 1. The number of imidazole rings is 1. The predicted octanol–water partition coefficient (Wildman–Crippen LogP) is 2.38. The third-order valence-electron chi connectivity index (χ3n) is 4.48. The van der Waals surface area contributed by atoms with Gasteiger partial charge in [0.05, 0.1) is 28.5 Å². The summed E-state index contributed by atoms with van der Waals surface area (Å²) >= 11 is 0. The molecule has 0 bridgehead atoms. The number of aromatic nitrogens is 4. The lowest BCUT2D eigenvalue weighted by Crippen LogP contribution is -2.16. The van der Waals surface area contributed by atoms with E-state index in [1.807, 2.05) is 12.1 Å². The van der Waals surface area contributed by atoms with Crippen LogP contribution in [0.1, 0.15) is 11.5 Å². The number of allylic oxidation sites excluding steroid dienone is 1. The average Bonchev–Trinajstić information content (AvgIpc) is 3.18. The number of nitrogens with zero attached hydrogens (tertiary/aromatic N) is 3. The van der Waals surface area contributed by atoms with Crippen LogP contribution in [0.3, 0.4) is 0 Å². The van der Waals surface area contributed by atoms with Gasteiger partial charge in [-0.25, -0.2) is 10.1 Å². The van der Waals surface area contributed by atoms with E-state index < -0.39 is 18.3 Å². The van der Waals surface area contributed by atoms with E-state index in [1.165, 1.54) is 0 Å². The maximum absolute atomic E-state index is 12.2. The van der Waals surface area contributed by atoms with Crippen LogP contribution in [-0.2, 0) is 16.0 Å². The number of esters is 1. The van der Waals surface area contributed by atoms with Gasteiger partial charge in [0.2, 0.25) is 0 Å². The third-order valence-corrected chi connectivity index (χ3v) is 4.48. The fraction of sp³-hybridized carbons (Fsp3) is 0.0952. The molecule has 9 nitrogen and oxygen atoms in total. The molecule has 3 N–H and O–H groups in total. The second kappa shape index (κ2) is 7.89. The molecule has 0 unspecified atom stereocenters. The average molecular weight is 401 g/mol. The largest absolute Gasteiger partial charge is 0.507 e. The maximum atomic E-state index is 12.2. The fourth-order valence-electron chi connectivity index (χ4n) is 3.04. The van der Waals surface area contributed by atoms with Crippen molar-refractivity contribution in [2.24, 2.45) is 0 Å². The van der Waals surface area contributed by atoms with Crippen molar-refractivity contribution in [1.29, 1.82) is 5.26 Å². The molecule has 2 heterocycles. The first kappa shape index (κ1) is 18.9. The first-order valence-electron chi connectivity index (χ1n) is 8.96. The Labute approximate surface area is 169 Å². The minimum absolute atomic E-state index is 0.119. The molecule has 2 aromatic carbocycles. The smallest absolute Gasteiger partial charge is 0.312 e. The lowest BCUT2D eigenvalue weighted by atomic mass is 10.1. The first-order chi connectivity index (χ1) is 14.6. The molecule has 0 aliphatic heterocycles. The van der Waals surface area contributed by atoms with Gasteiger partial charge in [-0.15, -0.1) is 0 Å². The Morgan fingerprint density at radius 3 is 2.63 bits per heavy atom. The summed E-state index contributed by atoms with van der Waals surface area (Å²) in [4.78, 5) is 31.3. The van der Waals surface area contributed by atoms with E-state index in [0.29, 0.717) is 27.5 Å². The highest BCUT2D eigenvalue weighted by molar-refractivity contribution is 5.87. The number of aliphatic hydroxyl groups is 1. The van der Waals surface area contributed by atoms with Crippen molar-refractivity contribution < 1.29 is 14.6 Å². The molecular formula is C21H15N5O4. The highest BCUT2D eigenvalue weighted by Gasteiger charge is 2.16. The molecule has 0 radical (unpaired) electrons. The van der Waals surface area contributed by atoms with E-state index >= 15 is 0 Å². The van der Waals surface area contributed by atoms with Crippen LogP contribution in [0, 0.1) is 11.3 Å². The lowest BCUT2D eigenvalue weighted by molar-refractivity contribution is -0.142. The summed E-state index contributed by atoms with van der Waals surface area (Å²) in [5, 5.41) is 26.9. The second-order valence-electron chi connectivity index (χ2n) is 6.42. The third kappa shape index (κ3) is 3.62. The van der Waals surface area contributed by atoms with Crippen LogP contribution in [0.25, 0.3) is 27.4 Å². The number of rotatable bonds is 5. The number of para-hydroxylation sites is 2. The first-order valence-corrected chi connectivity index (χ1v) is 8.96. The number of H-pyrrole nitrogens is 2. The predicted molar refractivity (Wildman–Crippen MR) is 108 cm³/mol. The van der Waals surface area contributed by atoms with Crippen molar-refractivity contribution in [2.75, 3.05) is 6.61 Å². The van der Waals surface area contributed by atoms with Gasteiger partial charge >= 0.3 is 5.97 Å². The van der Waals surface area contributed by atoms with Gasteiger partial charge in [0, 0.05) is 5.39 Å². The summed E-state index contributed by atoms with van der Waals surface area (Å²) in [5.74, 6) is -0.919. The molecule has 0 aliphatic carbocycles. The Balaban J connectivity index is 1.51. The molecule has 0 fully saturated rings. The molecule has 0 atom stereocenters. The summed E-state index contributed by atoms with van der Waals surface area (Å²) in [5.41, 5.74) is 1.22. The Kier molecular flexibility index (Phi) is 4.97. The van der Waals surface area contributed by atoms with Crippen molar-refractivity contribution in [1.82, 2.24) is 20.2 Å².